The molecule has 0 saturated heterocycles. The molecular formula is C28H54N2O3. The average molecular weight is 467 g/mol. The monoisotopic (exact) mass is 466 g/mol. The highest BCUT2D eigenvalue weighted by Gasteiger charge is 2.50. The zero-order valence-electron chi connectivity index (χ0n) is 24.3. The van der Waals surface area contributed by atoms with Crippen LogP contribution in [-0.2, 0) is 14.4 Å². The van der Waals surface area contributed by atoms with Gasteiger partial charge in [0, 0.05) is 22.9 Å². The summed E-state index contributed by atoms with van der Waals surface area (Å²) in [5.41, 5.74) is -1.91. The molecule has 0 aliphatic carbocycles. The maximum absolute atomic E-state index is 13.4. The number of nitrogens with zero attached hydrogens (tertiary/aromatic N) is 1. The second-order valence-electron chi connectivity index (χ2n) is 13.4. The Morgan fingerprint density at radius 1 is 0.788 bits per heavy atom. The van der Waals surface area contributed by atoms with Crippen molar-refractivity contribution in [3.05, 3.63) is 0 Å². The normalized spacial score (nSPS) is 16.5. The molecule has 0 aromatic rings. The van der Waals surface area contributed by atoms with Gasteiger partial charge in [0.05, 0.1) is 6.04 Å². The summed E-state index contributed by atoms with van der Waals surface area (Å²) in [5.74, 6) is 0.356. The molecule has 1 N–H and O–H groups in total. The molecule has 0 aliphatic rings. The summed E-state index contributed by atoms with van der Waals surface area (Å²) < 4.78 is 0. The minimum Gasteiger partial charge on any atom is -0.319 e. The van der Waals surface area contributed by atoms with E-state index in [4.69, 9.17) is 0 Å². The smallest absolute Gasteiger partial charge is 0.147 e. The molecule has 2 unspecified atom stereocenters. The largest absolute Gasteiger partial charge is 0.319 e. The van der Waals surface area contributed by atoms with Crippen LogP contribution in [0.4, 0.5) is 0 Å². The lowest BCUT2D eigenvalue weighted by Gasteiger charge is -2.54. The van der Waals surface area contributed by atoms with E-state index in [1.807, 2.05) is 34.7 Å². The van der Waals surface area contributed by atoms with E-state index in [0.717, 1.165) is 19.4 Å². The van der Waals surface area contributed by atoms with Gasteiger partial charge in [-0.1, -0.05) is 62.3 Å². The first-order valence-corrected chi connectivity index (χ1v) is 12.5. The van der Waals surface area contributed by atoms with E-state index in [2.05, 4.69) is 51.8 Å². The van der Waals surface area contributed by atoms with Gasteiger partial charge in [-0.15, -0.1) is 0 Å². The second kappa shape index (κ2) is 11.1. The first-order chi connectivity index (χ1) is 14.6. The third-order valence-corrected chi connectivity index (χ3v) is 7.78. The maximum atomic E-state index is 13.4. The molecule has 33 heavy (non-hydrogen) atoms. The molecule has 194 valence electrons. The van der Waals surface area contributed by atoms with Crippen molar-refractivity contribution in [3.8, 4) is 0 Å². The highest BCUT2D eigenvalue weighted by atomic mass is 16.1. The van der Waals surface area contributed by atoms with Crippen LogP contribution >= 0.6 is 0 Å². The van der Waals surface area contributed by atoms with E-state index >= 15 is 0 Å². The van der Waals surface area contributed by atoms with Gasteiger partial charge in [-0.3, -0.25) is 19.3 Å². The first-order valence-electron chi connectivity index (χ1n) is 12.5. The lowest BCUT2D eigenvalue weighted by Crippen LogP contribution is -2.63. The zero-order chi connectivity index (χ0) is 26.6. The van der Waals surface area contributed by atoms with Crippen LogP contribution in [0.25, 0.3) is 0 Å². The quantitative estimate of drug-likeness (QED) is 0.335. The molecule has 0 aromatic carbocycles. The van der Waals surface area contributed by atoms with Crippen molar-refractivity contribution in [1.29, 1.82) is 0 Å². The molecule has 0 saturated carbocycles. The number of hydrogen-bond donors (Lipinski definition) is 1. The van der Waals surface area contributed by atoms with Crippen LogP contribution in [0.3, 0.4) is 0 Å². The molecule has 0 spiro atoms. The van der Waals surface area contributed by atoms with E-state index in [9.17, 15) is 14.4 Å². The molecule has 0 heterocycles. The number of rotatable bonds is 15. The minimum atomic E-state index is -0.610. The summed E-state index contributed by atoms with van der Waals surface area (Å²) in [6.45, 7) is 27.3. The summed E-state index contributed by atoms with van der Waals surface area (Å²) in [6.07, 6.45) is 2.25. The van der Waals surface area contributed by atoms with Crippen molar-refractivity contribution in [3.63, 3.8) is 0 Å². The van der Waals surface area contributed by atoms with Crippen LogP contribution in [0, 0.1) is 21.7 Å². The molecule has 5 heteroatoms. The Hall–Kier alpha value is -1.07. The average Bonchev–Trinajstić information content (AvgIpc) is 2.58. The van der Waals surface area contributed by atoms with Crippen molar-refractivity contribution >= 4 is 17.3 Å². The Morgan fingerprint density at radius 2 is 1.24 bits per heavy atom. The first kappa shape index (κ1) is 31.9. The number of carbonyl (C=O) groups excluding carboxylic acids is 3. The summed E-state index contributed by atoms with van der Waals surface area (Å²) in [6, 6.07) is -0.375. The number of Topliss-reactive ketones (excluding diaryl/α,β-unsaturated/α-hetero) is 3. The van der Waals surface area contributed by atoms with E-state index in [-0.39, 0.29) is 34.2 Å². The van der Waals surface area contributed by atoms with E-state index in [1.165, 1.54) is 0 Å². The predicted octanol–water partition coefficient (Wildman–Crippen LogP) is 5.70. The van der Waals surface area contributed by atoms with Crippen molar-refractivity contribution < 1.29 is 14.4 Å². The van der Waals surface area contributed by atoms with Crippen molar-refractivity contribution in [1.82, 2.24) is 10.2 Å². The Balaban J connectivity index is 6.82. The number of ketones is 3. The Bertz CT molecular complexity index is 706. The molecule has 0 aliphatic heterocycles. The number of nitrogens with one attached hydrogen (secondary N) is 1. The van der Waals surface area contributed by atoms with Crippen LogP contribution in [-0.4, -0.2) is 54.0 Å². The second-order valence-corrected chi connectivity index (χ2v) is 13.4. The van der Waals surface area contributed by atoms with Gasteiger partial charge in [0.25, 0.3) is 0 Å². The molecule has 0 amide bonds. The highest BCUT2D eigenvalue weighted by molar-refractivity contribution is 5.84. The van der Waals surface area contributed by atoms with Gasteiger partial charge in [-0.05, 0) is 71.4 Å². The Labute approximate surface area is 204 Å². The minimum absolute atomic E-state index is 0.00498. The Morgan fingerprint density at radius 3 is 1.58 bits per heavy atom. The molecule has 0 radical (unpaired) electrons. The van der Waals surface area contributed by atoms with Gasteiger partial charge in [-0.2, -0.15) is 0 Å². The number of hydrogen-bond acceptors (Lipinski definition) is 5. The van der Waals surface area contributed by atoms with Gasteiger partial charge in [0.2, 0.25) is 0 Å². The van der Waals surface area contributed by atoms with Crippen molar-refractivity contribution in [2.24, 2.45) is 21.7 Å². The third kappa shape index (κ3) is 8.58. The lowest BCUT2D eigenvalue weighted by molar-refractivity contribution is -0.142. The van der Waals surface area contributed by atoms with Crippen LogP contribution in [0.2, 0.25) is 0 Å². The van der Waals surface area contributed by atoms with Gasteiger partial charge < -0.3 is 5.32 Å². The van der Waals surface area contributed by atoms with Crippen LogP contribution < -0.4 is 5.32 Å². The molecule has 0 rings (SSSR count). The SMILES string of the molecule is CCC(C)(CC(C)(C)C(C)=O)N(CC(C)(C)C(C)=O)C(C(C)=O)C(C)(C)CC(C)(C)CNC. The summed E-state index contributed by atoms with van der Waals surface area (Å²) >= 11 is 0. The lowest BCUT2D eigenvalue weighted by atomic mass is 9.66. The highest BCUT2D eigenvalue weighted by Crippen LogP contribution is 2.45. The van der Waals surface area contributed by atoms with Crippen LogP contribution in [0.5, 0.6) is 0 Å². The molecule has 0 fully saturated rings. The molecule has 5 nitrogen and oxygen atoms in total. The fourth-order valence-corrected chi connectivity index (χ4v) is 5.70. The van der Waals surface area contributed by atoms with Crippen LogP contribution in [0.15, 0.2) is 0 Å². The van der Waals surface area contributed by atoms with Gasteiger partial charge in [-0.25, -0.2) is 0 Å². The van der Waals surface area contributed by atoms with Gasteiger partial charge in [0.1, 0.15) is 17.3 Å². The number of carbonyl (C=O) groups is 3. The Kier molecular flexibility index (Phi) is 10.8. The molecule has 2 atom stereocenters. The summed E-state index contributed by atoms with van der Waals surface area (Å²) in [4.78, 5) is 40.8. The van der Waals surface area contributed by atoms with Gasteiger partial charge in [0.15, 0.2) is 0 Å². The van der Waals surface area contributed by atoms with E-state index in [1.54, 1.807) is 20.8 Å². The van der Waals surface area contributed by atoms with Gasteiger partial charge >= 0.3 is 0 Å². The predicted molar refractivity (Wildman–Crippen MR) is 140 cm³/mol. The van der Waals surface area contributed by atoms with Crippen LogP contribution in [0.1, 0.15) is 109 Å². The van der Waals surface area contributed by atoms with E-state index < -0.39 is 16.4 Å². The maximum Gasteiger partial charge on any atom is 0.147 e. The van der Waals surface area contributed by atoms with E-state index in [0.29, 0.717) is 13.0 Å². The third-order valence-electron chi connectivity index (χ3n) is 7.78. The van der Waals surface area contributed by atoms with Crippen molar-refractivity contribution in [2.45, 2.75) is 121 Å². The standard InChI is InChI=1S/C28H54N2O3/c1-15-28(13,17-25(7,8)21(3)32)30(19-27(11,12)22(4)33)23(20(2)31)26(9,10)16-24(5,6)18-29-14/h23,29H,15-19H2,1-14H3. The van der Waals surface area contributed by atoms with Crippen molar-refractivity contribution in [2.75, 3.05) is 20.1 Å². The molecular weight excluding hydrogens is 412 g/mol. The molecule has 0 bridgehead atoms. The zero-order valence-corrected chi connectivity index (χ0v) is 24.3. The fraction of sp³-hybridized carbons (Fsp3) is 0.893. The topological polar surface area (TPSA) is 66.5 Å². The summed E-state index contributed by atoms with van der Waals surface area (Å²) in [5, 5.41) is 3.29. The molecule has 0 aromatic heterocycles. The fourth-order valence-electron chi connectivity index (χ4n) is 5.70. The summed E-state index contributed by atoms with van der Waals surface area (Å²) in [7, 11) is 1.96.